The maximum atomic E-state index is 13.5. The van der Waals surface area contributed by atoms with Gasteiger partial charge in [-0.05, 0) is 43.0 Å². The number of ketones is 1. The van der Waals surface area contributed by atoms with E-state index in [1.54, 1.807) is 18.2 Å². The average Bonchev–Trinajstić information content (AvgIpc) is 2.96. The predicted octanol–water partition coefficient (Wildman–Crippen LogP) is 5.88. The Labute approximate surface area is 186 Å². The number of carbonyl (C=O) groups excluding carboxylic acids is 1. The number of nitrogens with one attached hydrogen (secondary N) is 2. The molecule has 2 aliphatic rings. The minimum atomic E-state index is -0.603. The highest BCUT2D eigenvalue weighted by Crippen LogP contribution is 2.45. The Kier molecular flexibility index (Phi) is 4.98. The fourth-order valence-electron chi connectivity index (χ4n) is 4.70. The van der Waals surface area contributed by atoms with Gasteiger partial charge in [-0.15, -0.1) is 0 Å². The molecule has 1 heterocycles. The lowest BCUT2D eigenvalue weighted by molar-refractivity contribution is -0.385. The number of Topliss-reactive ketones (excluding diaryl/α,β-unsaturated/α-hetero) is 1. The predicted molar refractivity (Wildman–Crippen MR) is 125 cm³/mol. The van der Waals surface area contributed by atoms with Gasteiger partial charge in [-0.25, -0.2) is 0 Å². The zero-order valence-electron chi connectivity index (χ0n) is 17.7. The molecule has 0 aromatic heterocycles. The molecule has 0 spiro atoms. The molecule has 6 nitrogen and oxygen atoms in total. The van der Waals surface area contributed by atoms with E-state index >= 15 is 0 Å². The summed E-state index contributed by atoms with van der Waals surface area (Å²) in [6, 6.07) is 22.1. The first-order valence-electron chi connectivity index (χ1n) is 10.7. The van der Waals surface area contributed by atoms with E-state index in [1.807, 2.05) is 31.2 Å². The molecule has 0 amide bonds. The maximum Gasteiger partial charge on any atom is 0.275 e. The van der Waals surface area contributed by atoms with Gasteiger partial charge in [0.05, 0.1) is 27.9 Å². The lowest BCUT2D eigenvalue weighted by atomic mass is 9.78. The number of nitro groups is 1. The summed E-state index contributed by atoms with van der Waals surface area (Å²) in [7, 11) is 0. The second-order valence-electron chi connectivity index (χ2n) is 8.40. The number of nitrogens with zero attached hydrogens (tertiary/aromatic N) is 1. The molecule has 32 heavy (non-hydrogen) atoms. The quantitative estimate of drug-likeness (QED) is 0.404. The van der Waals surface area contributed by atoms with E-state index < -0.39 is 6.04 Å². The number of benzene rings is 3. The Hall–Kier alpha value is -3.93. The van der Waals surface area contributed by atoms with Gasteiger partial charge in [0.25, 0.3) is 5.69 Å². The van der Waals surface area contributed by atoms with E-state index in [0.717, 1.165) is 22.6 Å². The number of carbonyl (C=O) groups is 1. The Bertz CT molecular complexity index is 1250. The highest BCUT2D eigenvalue weighted by atomic mass is 16.6. The number of rotatable bonds is 3. The topological polar surface area (TPSA) is 84.3 Å². The Balaban J connectivity index is 1.64. The van der Waals surface area contributed by atoms with E-state index in [0.29, 0.717) is 24.0 Å². The third kappa shape index (κ3) is 3.54. The summed E-state index contributed by atoms with van der Waals surface area (Å²) in [5, 5.41) is 18.7. The van der Waals surface area contributed by atoms with Crippen LogP contribution in [0.4, 0.5) is 17.1 Å². The lowest BCUT2D eigenvalue weighted by Gasteiger charge is -2.29. The fourth-order valence-corrected chi connectivity index (χ4v) is 4.70. The summed E-state index contributed by atoms with van der Waals surface area (Å²) in [6.07, 6.45) is 1.04. The van der Waals surface area contributed by atoms with Crippen LogP contribution in [0.15, 0.2) is 84.1 Å². The molecule has 0 saturated carbocycles. The van der Waals surface area contributed by atoms with Crippen molar-refractivity contribution in [2.24, 2.45) is 0 Å². The number of anilines is 2. The second-order valence-corrected chi connectivity index (χ2v) is 8.40. The molecule has 2 atom stereocenters. The van der Waals surface area contributed by atoms with Crippen LogP contribution in [0.3, 0.4) is 0 Å². The second kappa shape index (κ2) is 7.96. The molecule has 6 heteroatoms. The van der Waals surface area contributed by atoms with Gasteiger partial charge in [0.2, 0.25) is 0 Å². The van der Waals surface area contributed by atoms with E-state index in [9.17, 15) is 14.9 Å². The number of allylic oxidation sites excluding steroid dienone is 1. The van der Waals surface area contributed by atoms with Crippen molar-refractivity contribution < 1.29 is 9.72 Å². The number of hydrogen-bond acceptors (Lipinski definition) is 5. The van der Waals surface area contributed by atoms with Crippen LogP contribution in [0.25, 0.3) is 0 Å². The fraction of sp³-hybridized carbons (Fsp3) is 0.192. The monoisotopic (exact) mass is 425 g/mol. The van der Waals surface area contributed by atoms with Crippen molar-refractivity contribution in [3.8, 4) is 0 Å². The van der Waals surface area contributed by atoms with Crippen molar-refractivity contribution >= 4 is 22.8 Å². The summed E-state index contributed by atoms with van der Waals surface area (Å²) in [6.45, 7) is 2.04. The number of aryl methyl sites for hydroxylation is 1. The minimum Gasteiger partial charge on any atom is -0.372 e. The van der Waals surface area contributed by atoms with Crippen molar-refractivity contribution in [3.63, 3.8) is 0 Å². The van der Waals surface area contributed by atoms with Crippen LogP contribution in [-0.4, -0.2) is 10.7 Å². The smallest absolute Gasteiger partial charge is 0.275 e. The Morgan fingerprint density at radius 2 is 1.59 bits per heavy atom. The standard InChI is InChI=1S/C26H23N3O3/c1-16-10-12-17(13-11-16)18-14-22-25(24(30)15-18)26(19-6-2-5-9-23(19)29(31)32)28-21-8-4-3-7-20(21)27-22/h2-13,18,26-28H,14-15H2,1H3/t18-,26-/m1/s1. The summed E-state index contributed by atoms with van der Waals surface area (Å²) in [5.74, 6) is 0.0683. The van der Waals surface area contributed by atoms with Gasteiger partial charge >= 0.3 is 0 Å². The van der Waals surface area contributed by atoms with Crippen LogP contribution in [0, 0.1) is 17.0 Å². The van der Waals surface area contributed by atoms with Gasteiger partial charge in [0.15, 0.2) is 5.78 Å². The molecular formula is C26H23N3O3. The van der Waals surface area contributed by atoms with E-state index in [2.05, 4.69) is 34.9 Å². The van der Waals surface area contributed by atoms with Gasteiger partial charge < -0.3 is 10.6 Å². The van der Waals surface area contributed by atoms with E-state index in [4.69, 9.17) is 0 Å². The molecule has 3 aromatic rings. The molecule has 0 radical (unpaired) electrons. The minimum absolute atomic E-state index is 0.00434. The number of nitro benzene ring substituents is 1. The molecular weight excluding hydrogens is 402 g/mol. The van der Waals surface area contributed by atoms with Gasteiger partial charge in [-0.2, -0.15) is 0 Å². The third-order valence-electron chi connectivity index (χ3n) is 6.30. The molecule has 160 valence electrons. The number of para-hydroxylation sites is 3. The average molecular weight is 425 g/mol. The normalized spacial score (nSPS) is 19.8. The molecule has 1 aliphatic heterocycles. The zero-order valence-corrected chi connectivity index (χ0v) is 17.7. The first-order valence-corrected chi connectivity index (χ1v) is 10.7. The van der Waals surface area contributed by atoms with Gasteiger partial charge in [-0.1, -0.05) is 54.1 Å². The van der Waals surface area contributed by atoms with Crippen LogP contribution >= 0.6 is 0 Å². The zero-order chi connectivity index (χ0) is 22.2. The number of hydrogen-bond donors (Lipinski definition) is 2. The van der Waals surface area contributed by atoms with Crippen molar-refractivity contribution in [2.75, 3.05) is 10.6 Å². The van der Waals surface area contributed by atoms with Crippen molar-refractivity contribution in [3.05, 3.63) is 111 Å². The molecule has 0 bridgehead atoms. The highest BCUT2D eigenvalue weighted by Gasteiger charge is 2.38. The molecule has 3 aromatic carbocycles. The summed E-state index contributed by atoms with van der Waals surface area (Å²) in [5.41, 5.74) is 5.88. The van der Waals surface area contributed by atoms with Gasteiger partial charge in [0, 0.05) is 23.8 Å². The first kappa shape index (κ1) is 20.0. The van der Waals surface area contributed by atoms with Crippen LogP contribution in [0.2, 0.25) is 0 Å². The largest absolute Gasteiger partial charge is 0.372 e. The van der Waals surface area contributed by atoms with Crippen LogP contribution in [0.1, 0.15) is 41.5 Å². The molecule has 1 aliphatic carbocycles. The molecule has 2 N–H and O–H groups in total. The SMILES string of the molecule is Cc1ccc([C@H]2CC(=O)C3=C(C2)Nc2ccccc2N[C@@H]3c2ccccc2[N+](=O)[O-])cc1. The van der Waals surface area contributed by atoms with Crippen LogP contribution < -0.4 is 10.6 Å². The molecule has 0 saturated heterocycles. The van der Waals surface area contributed by atoms with Crippen molar-refractivity contribution in [1.82, 2.24) is 0 Å². The van der Waals surface area contributed by atoms with E-state index in [1.165, 1.54) is 11.6 Å². The van der Waals surface area contributed by atoms with Gasteiger partial charge in [0.1, 0.15) is 0 Å². The Morgan fingerprint density at radius 3 is 2.34 bits per heavy atom. The molecule has 5 rings (SSSR count). The van der Waals surface area contributed by atoms with Crippen molar-refractivity contribution in [1.29, 1.82) is 0 Å². The lowest BCUT2D eigenvalue weighted by Crippen LogP contribution is -2.27. The summed E-state index contributed by atoms with van der Waals surface area (Å²) in [4.78, 5) is 24.9. The Morgan fingerprint density at radius 1 is 0.906 bits per heavy atom. The molecule has 0 unspecified atom stereocenters. The van der Waals surface area contributed by atoms with Crippen molar-refractivity contribution in [2.45, 2.75) is 31.7 Å². The number of fused-ring (bicyclic) bond motifs is 1. The third-order valence-corrected chi connectivity index (χ3v) is 6.30. The first-order chi connectivity index (χ1) is 15.5. The highest BCUT2D eigenvalue weighted by molar-refractivity contribution is 6.01. The summed E-state index contributed by atoms with van der Waals surface area (Å²) < 4.78 is 0. The van der Waals surface area contributed by atoms with Crippen LogP contribution in [-0.2, 0) is 4.79 Å². The molecule has 0 fully saturated rings. The van der Waals surface area contributed by atoms with Crippen LogP contribution in [0.5, 0.6) is 0 Å². The summed E-state index contributed by atoms with van der Waals surface area (Å²) >= 11 is 0. The maximum absolute atomic E-state index is 13.5. The van der Waals surface area contributed by atoms with Gasteiger partial charge in [-0.3, -0.25) is 14.9 Å². The van der Waals surface area contributed by atoms with E-state index in [-0.39, 0.29) is 22.3 Å².